The Morgan fingerprint density at radius 2 is 2.00 bits per heavy atom. The van der Waals surface area contributed by atoms with Crippen LogP contribution in [0.5, 0.6) is 0 Å². The first kappa shape index (κ1) is 11.7. The zero-order valence-electron chi connectivity index (χ0n) is 9.36. The van der Waals surface area contributed by atoms with Gasteiger partial charge in [0.25, 0.3) is 0 Å². The summed E-state index contributed by atoms with van der Waals surface area (Å²) < 4.78 is 0. The monoisotopic (exact) mass is 206 g/mol. The van der Waals surface area contributed by atoms with Gasteiger partial charge in [-0.3, -0.25) is 4.79 Å². The molecule has 1 aromatic carbocycles. The van der Waals surface area contributed by atoms with Crippen LogP contribution >= 0.6 is 0 Å². The molecule has 1 rings (SSSR count). The zero-order valence-corrected chi connectivity index (χ0v) is 9.36. The van der Waals surface area contributed by atoms with Crippen molar-refractivity contribution in [3.05, 3.63) is 35.9 Å². The third-order valence-electron chi connectivity index (χ3n) is 2.16. The van der Waals surface area contributed by atoms with E-state index in [-0.39, 0.29) is 5.91 Å². The Hall–Kier alpha value is -1.35. The average Bonchev–Trinajstić information content (AvgIpc) is 2.18. The van der Waals surface area contributed by atoms with Crippen LogP contribution in [0.2, 0.25) is 0 Å². The fourth-order valence-electron chi connectivity index (χ4n) is 1.40. The Morgan fingerprint density at radius 1 is 1.33 bits per heavy atom. The van der Waals surface area contributed by atoms with Crippen LogP contribution in [0.15, 0.2) is 30.3 Å². The van der Waals surface area contributed by atoms with Crippen LogP contribution in [0.25, 0.3) is 0 Å². The van der Waals surface area contributed by atoms with E-state index in [9.17, 15) is 4.79 Å². The number of rotatable bonds is 5. The Labute approximate surface area is 91.1 Å². The summed E-state index contributed by atoms with van der Waals surface area (Å²) in [5.74, 6) is 0.0307. The highest BCUT2D eigenvalue weighted by Crippen LogP contribution is 2.01. The molecule has 0 aliphatic rings. The van der Waals surface area contributed by atoms with Crippen LogP contribution in [-0.2, 0) is 11.3 Å². The predicted octanol–water partition coefficient (Wildman–Crippen LogP) is 1.25. The molecule has 0 unspecified atom stereocenters. The number of hydrogen-bond donors (Lipinski definition) is 1. The highest BCUT2D eigenvalue weighted by atomic mass is 16.1. The first-order chi connectivity index (χ1) is 7.18. The Bertz CT molecular complexity index is 298. The maximum atomic E-state index is 10.7. The highest BCUT2D eigenvalue weighted by molar-refractivity contribution is 5.72. The second kappa shape index (κ2) is 6.19. The number of carbonyl (C=O) groups excluding carboxylic acids is 1. The topological polar surface area (TPSA) is 32.3 Å². The lowest BCUT2D eigenvalue weighted by Gasteiger charge is -2.16. The molecule has 3 heteroatoms. The van der Waals surface area contributed by atoms with Gasteiger partial charge in [-0.25, -0.2) is 0 Å². The van der Waals surface area contributed by atoms with Gasteiger partial charge in [0.15, 0.2) is 0 Å². The van der Waals surface area contributed by atoms with Crippen molar-refractivity contribution in [3.63, 3.8) is 0 Å². The second-order valence-corrected chi connectivity index (χ2v) is 3.71. The molecule has 0 saturated heterocycles. The fraction of sp³-hybridized carbons (Fsp3) is 0.417. The Morgan fingerprint density at radius 3 is 2.60 bits per heavy atom. The minimum absolute atomic E-state index is 0.0307. The first-order valence-corrected chi connectivity index (χ1v) is 5.15. The van der Waals surface area contributed by atoms with E-state index >= 15 is 0 Å². The molecule has 0 atom stereocenters. The molecule has 0 heterocycles. The van der Waals surface area contributed by atoms with Gasteiger partial charge in [-0.15, -0.1) is 0 Å². The molecule has 0 aliphatic heterocycles. The summed E-state index contributed by atoms with van der Waals surface area (Å²) in [4.78, 5) is 12.8. The number of likely N-dealkylation sites (N-methyl/N-ethyl adjacent to an activating group) is 1. The number of amides is 1. The standard InChI is InChI=1S/C12H18N2O/c1-11(15)13-8-9-14(2)10-12-6-4-3-5-7-12/h3-7H,8-10H2,1-2H3,(H,13,15). The summed E-state index contributed by atoms with van der Waals surface area (Å²) in [5, 5.41) is 2.78. The smallest absolute Gasteiger partial charge is 0.216 e. The predicted molar refractivity (Wildman–Crippen MR) is 61.5 cm³/mol. The van der Waals surface area contributed by atoms with Gasteiger partial charge in [0.05, 0.1) is 0 Å². The summed E-state index contributed by atoms with van der Waals surface area (Å²) in [6.07, 6.45) is 0. The molecule has 15 heavy (non-hydrogen) atoms. The lowest BCUT2D eigenvalue weighted by Crippen LogP contribution is -2.31. The molecule has 1 N–H and O–H groups in total. The summed E-state index contributed by atoms with van der Waals surface area (Å²) in [6, 6.07) is 10.3. The van der Waals surface area contributed by atoms with Crippen molar-refractivity contribution in [2.24, 2.45) is 0 Å². The lowest BCUT2D eigenvalue weighted by molar-refractivity contribution is -0.119. The van der Waals surface area contributed by atoms with Gasteiger partial charge in [0.2, 0.25) is 5.91 Å². The number of nitrogens with zero attached hydrogens (tertiary/aromatic N) is 1. The summed E-state index contributed by atoms with van der Waals surface area (Å²) in [6.45, 7) is 4.03. The van der Waals surface area contributed by atoms with Gasteiger partial charge < -0.3 is 10.2 Å². The maximum Gasteiger partial charge on any atom is 0.216 e. The van der Waals surface area contributed by atoms with Crippen LogP contribution in [-0.4, -0.2) is 30.9 Å². The molecular weight excluding hydrogens is 188 g/mol. The van der Waals surface area contributed by atoms with Gasteiger partial charge in [-0.2, -0.15) is 0 Å². The number of hydrogen-bond acceptors (Lipinski definition) is 2. The normalized spacial score (nSPS) is 10.3. The van der Waals surface area contributed by atoms with Crippen LogP contribution in [0.1, 0.15) is 12.5 Å². The maximum absolute atomic E-state index is 10.7. The van der Waals surface area contributed by atoms with Crippen molar-refractivity contribution in [1.29, 1.82) is 0 Å². The molecule has 0 aliphatic carbocycles. The average molecular weight is 206 g/mol. The van der Waals surface area contributed by atoms with E-state index < -0.39 is 0 Å². The van der Waals surface area contributed by atoms with Crippen molar-refractivity contribution in [1.82, 2.24) is 10.2 Å². The largest absolute Gasteiger partial charge is 0.355 e. The fourth-order valence-corrected chi connectivity index (χ4v) is 1.40. The summed E-state index contributed by atoms with van der Waals surface area (Å²) in [5.41, 5.74) is 1.29. The molecule has 1 aromatic rings. The summed E-state index contributed by atoms with van der Waals surface area (Å²) in [7, 11) is 2.05. The zero-order chi connectivity index (χ0) is 11.1. The van der Waals surface area contributed by atoms with Crippen molar-refractivity contribution >= 4 is 5.91 Å². The SMILES string of the molecule is CC(=O)NCCN(C)Cc1ccccc1. The molecule has 0 fully saturated rings. The molecule has 1 amide bonds. The first-order valence-electron chi connectivity index (χ1n) is 5.15. The number of benzene rings is 1. The van der Waals surface area contributed by atoms with E-state index in [0.717, 1.165) is 13.1 Å². The molecule has 82 valence electrons. The Balaban J connectivity index is 2.24. The van der Waals surface area contributed by atoms with Gasteiger partial charge >= 0.3 is 0 Å². The van der Waals surface area contributed by atoms with Gasteiger partial charge in [-0.05, 0) is 12.6 Å². The van der Waals surface area contributed by atoms with Crippen molar-refractivity contribution in [3.8, 4) is 0 Å². The quantitative estimate of drug-likeness (QED) is 0.786. The minimum atomic E-state index is 0.0307. The van der Waals surface area contributed by atoms with E-state index in [4.69, 9.17) is 0 Å². The minimum Gasteiger partial charge on any atom is -0.355 e. The van der Waals surface area contributed by atoms with Crippen LogP contribution < -0.4 is 5.32 Å². The molecular formula is C12H18N2O. The molecule has 0 aromatic heterocycles. The van der Waals surface area contributed by atoms with Gasteiger partial charge in [0.1, 0.15) is 0 Å². The van der Waals surface area contributed by atoms with E-state index in [1.54, 1.807) is 0 Å². The van der Waals surface area contributed by atoms with Crippen molar-refractivity contribution in [2.45, 2.75) is 13.5 Å². The molecule has 0 bridgehead atoms. The Kier molecular flexibility index (Phi) is 4.84. The second-order valence-electron chi connectivity index (χ2n) is 3.71. The van der Waals surface area contributed by atoms with Gasteiger partial charge in [0, 0.05) is 26.6 Å². The molecule has 0 spiro atoms. The molecule has 3 nitrogen and oxygen atoms in total. The van der Waals surface area contributed by atoms with Crippen molar-refractivity contribution < 1.29 is 4.79 Å². The third kappa shape index (κ3) is 5.18. The summed E-state index contributed by atoms with van der Waals surface area (Å²) >= 11 is 0. The van der Waals surface area contributed by atoms with Crippen LogP contribution in [0.3, 0.4) is 0 Å². The van der Waals surface area contributed by atoms with E-state index in [1.807, 2.05) is 18.2 Å². The van der Waals surface area contributed by atoms with Crippen molar-refractivity contribution in [2.75, 3.05) is 20.1 Å². The third-order valence-corrected chi connectivity index (χ3v) is 2.16. The number of nitrogens with one attached hydrogen (secondary N) is 1. The highest BCUT2D eigenvalue weighted by Gasteiger charge is 1.99. The van der Waals surface area contributed by atoms with E-state index in [2.05, 4.69) is 29.4 Å². The molecule has 0 saturated carbocycles. The molecule has 0 radical (unpaired) electrons. The van der Waals surface area contributed by atoms with Crippen LogP contribution in [0, 0.1) is 0 Å². The van der Waals surface area contributed by atoms with Gasteiger partial charge in [-0.1, -0.05) is 30.3 Å². The van der Waals surface area contributed by atoms with Crippen LogP contribution in [0.4, 0.5) is 0 Å². The van der Waals surface area contributed by atoms with E-state index in [0.29, 0.717) is 6.54 Å². The van der Waals surface area contributed by atoms with E-state index in [1.165, 1.54) is 12.5 Å². The lowest BCUT2D eigenvalue weighted by atomic mass is 10.2. The number of carbonyl (C=O) groups is 1.